The lowest BCUT2D eigenvalue weighted by Crippen LogP contribution is -2.41. The molecule has 4 heteroatoms. The zero-order chi connectivity index (χ0) is 16.3. The van der Waals surface area contributed by atoms with Crippen molar-refractivity contribution in [3.05, 3.63) is 60.2 Å². The zero-order valence-electron chi connectivity index (χ0n) is 13.5. The lowest BCUT2D eigenvalue weighted by molar-refractivity contribution is 0.438. The van der Waals surface area contributed by atoms with E-state index in [0.717, 1.165) is 36.9 Å². The summed E-state index contributed by atoms with van der Waals surface area (Å²) in [6.45, 7) is 1.96. The molecule has 3 rings (SSSR count). The first kappa shape index (κ1) is 16.1. The molecule has 0 atom stereocenters. The monoisotopic (exact) mass is 329 g/mol. The highest BCUT2D eigenvalue weighted by Gasteiger charge is 2.32. The highest BCUT2D eigenvalue weighted by atomic mass is 32.2. The summed E-state index contributed by atoms with van der Waals surface area (Å²) in [6.07, 6.45) is 5.25. The minimum Gasteiger partial charge on any atom is -0.263 e. The van der Waals surface area contributed by atoms with Crippen molar-refractivity contribution in [3.63, 3.8) is 0 Å². The third-order valence-corrected chi connectivity index (χ3v) is 6.39. The van der Waals surface area contributed by atoms with Crippen LogP contribution in [-0.4, -0.2) is 14.5 Å². The van der Waals surface area contributed by atoms with Crippen molar-refractivity contribution in [2.45, 2.75) is 50.0 Å². The van der Waals surface area contributed by atoms with Crippen LogP contribution in [-0.2, 0) is 10.0 Å². The van der Waals surface area contributed by atoms with E-state index < -0.39 is 10.0 Å². The number of anilines is 1. The van der Waals surface area contributed by atoms with Gasteiger partial charge in [-0.25, -0.2) is 8.42 Å². The fraction of sp³-hybridized carbons (Fsp3) is 0.368. The minimum atomic E-state index is -3.54. The third kappa shape index (κ3) is 3.42. The second-order valence-electron chi connectivity index (χ2n) is 6.24. The van der Waals surface area contributed by atoms with E-state index in [1.165, 1.54) is 6.42 Å². The molecule has 1 aliphatic carbocycles. The van der Waals surface area contributed by atoms with Gasteiger partial charge in [0.25, 0.3) is 10.0 Å². The Bertz CT molecular complexity index is 733. The van der Waals surface area contributed by atoms with E-state index in [4.69, 9.17) is 0 Å². The van der Waals surface area contributed by atoms with Crippen LogP contribution in [0, 0.1) is 6.92 Å². The number of hydrogen-bond donors (Lipinski definition) is 0. The van der Waals surface area contributed by atoms with Crippen LogP contribution in [0.4, 0.5) is 5.69 Å². The van der Waals surface area contributed by atoms with E-state index in [1.54, 1.807) is 16.4 Å². The molecule has 0 unspecified atom stereocenters. The number of benzene rings is 2. The molecule has 1 aliphatic rings. The molecule has 122 valence electrons. The van der Waals surface area contributed by atoms with Crippen LogP contribution >= 0.6 is 0 Å². The molecule has 0 radical (unpaired) electrons. The highest BCUT2D eigenvalue weighted by Crippen LogP contribution is 2.32. The fourth-order valence-electron chi connectivity index (χ4n) is 3.26. The SMILES string of the molecule is Cc1ccc(S(=O)(=O)N(c2ccccc2)C2CCCCC2)cc1. The molecular weight excluding hydrogens is 306 g/mol. The van der Waals surface area contributed by atoms with Crippen LogP contribution in [0.25, 0.3) is 0 Å². The molecule has 0 heterocycles. The molecule has 0 aromatic heterocycles. The van der Waals surface area contributed by atoms with E-state index in [2.05, 4.69) is 0 Å². The first-order valence-corrected chi connectivity index (χ1v) is 9.69. The van der Waals surface area contributed by atoms with Crippen LogP contribution in [0.1, 0.15) is 37.7 Å². The minimum absolute atomic E-state index is 0.0532. The Balaban J connectivity index is 2.05. The van der Waals surface area contributed by atoms with Crippen molar-refractivity contribution in [2.24, 2.45) is 0 Å². The van der Waals surface area contributed by atoms with Crippen molar-refractivity contribution in [2.75, 3.05) is 4.31 Å². The van der Waals surface area contributed by atoms with Gasteiger partial charge in [-0.15, -0.1) is 0 Å². The predicted octanol–water partition coefficient (Wildman–Crippen LogP) is 4.52. The molecular formula is C19H23NO2S. The molecule has 0 aliphatic heterocycles. The fourth-order valence-corrected chi connectivity index (χ4v) is 4.97. The summed E-state index contributed by atoms with van der Waals surface area (Å²) in [5.74, 6) is 0. The van der Waals surface area contributed by atoms with Crippen molar-refractivity contribution >= 4 is 15.7 Å². The van der Waals surface area contributed by atoms with E-state index in [9.17, 15) is 8.42 Å². The lowest BCUT2D eigenvalue weighted by atomic mass is 9.95. The molecule has 0 N–H and O–H groups in total. The number of nitrogens with zero attached hydrogens (tertiary/aromatic N) is 1. The molecule has 2 aromatic rings. The molecule has 0 saturated heterocycles. The predicted molar refractivity (Wildman–Crippen MR) is 94.2 cm³/mol. The van der Waals surface area contributed by atoms with Gasteiger partial charge >= 0.3 is 0 Å². The summed E-state index contributed by atoms with van der Waals surface area (Å²) in [6, 6.07) is 16.7. The Morgan fingerprint density at radius 1 is 0.870 bits per heavy atom. The zero-order valence-corrected chi connectivity index (χ0v) is 14.3. The normalized spacial score (nSPS) is 16.2. The van der Waals surface area contributed by atoms with Gasteiger partial charge in [-0.3, -0.25) is 4.31 Å². The largest absolute Gasteiger partial charge is 0.264 e. The summed E-state index contributed by atoms with van der Waals surface area (Å²) >= 11 is 0. The molecule has 3 nitrogen and oxygen atoms in total. The van der Waals surface area contributed by atoms with Gasteiger partial charge in [-0.05, 0) is 44.0 Å². The van der Waals surface area contributed by atoms with E-state index in [0.29, 0.717) is 4.90 Å². The third-order valence-electron chi connectivity index (χ3n) is 4.49. The number of rotatable bonds is 4. The van der Waals surface area contributed by atoms with E-state index >= 15 is 0 Å². The average Bonchev–Trinajstić information content (AvgIpc) is 2.57. The Morgan fingerprint density at radius 3 is 2.09 bits per heavy atom. The summed E-state index contributed by atoms with van der Waals surface area (Å²) in [4.78, 5) is 0.373. The number of para-hydroxylation sites is 1. The number of aryl methyl sites for hydroxylation is 1. The van der Waals surface area contributed by atoms with Crippen molar-refractivity contribution in [1.29, 1.82) is 0 Å². The van der Waals surface area contributed by atoms with Gasteiger partial charge in [0.15, 0.2) is 0 Å². The first-order valence-electron chi connectivity index (χ1n) is 8.25. The molecule has 1 saturated carbocycles. The second-order valence-corrected chi connectivity index (χ2v) is 8.06. The van der Waals surface area contributed by atoms with Gasteiger partial charge in [-0.1, -0.05) is 55.2 Å². The van der Waals surface area contributed by atoms with Crippen molar-refractivity contribution in [3.8, 4) is 0 Å². The lowest BCUT2D eigenvalue weighted by Gasteiger charge is -2.35. The van der Waals surface area contributed by atoms with E-state index in [-0.39, 0.29) is 6.04 Å². The standard InChI is InChI=1S/C19H23NO2S/c1-16-12-14-19(15-13-16)23(21,22)20(17-8-4-2-5-9-17)18-10-6-3-7-11-18/h2,4-5,8-9,12-15,18H,3,6-7,10-11H2,1H3. The van der Waals surface area contributed by atoms with Gasteiger partial charge in [0.1, 0.15) is 0 Å². The van der Waals surface area contributed by atoms with Gasteiger partial charge < -0.3 is 0 Å². The molecule has 2 aromatic carbocycles. The van der Waals surface area contributed by atoms with Crippen LogP contribution in [0.2, 0.25) is 0 Å². The maximum Gasteiger partial charge on any atom is 0.264 e. The number of sulfonamides is 1. The van der Waals surface area contributed by atoms with Gasteiger partial charge in [-0.2, -0.15) is 0 Å². The van der Waals surface area contributed by atoms with Crippen LogP contribution in [0.5, 0.6) is 0 Å². The van der Waals surface area contributed by atoms with Crippen LogP contribution in [0.15, 0.2) is 59.5 Å². The Hall–Kier alpha value is -1.81. The van der Waals surface area contributed by atoms with Gasteiger partial charge in [0.2, 0.25) is 0 Å². The quantitative estimate of drug-likeness (QED) is 0.827. The van der Waals surface area contributed by atoms with Crippen molar-refractivity contribution in [1.82, 2.24) is 0 Å². The van der Waals surface area contributed by atoms with Crippen LogP contribution < -0.4 is 4.31 Å². The Morgan fingerprint density at radius 2 is 1.48 bits per heavy atom. The summed E-state index contributed by atoms with van der Waals surface area (Å²) in [5, 5.41) is 0. The molecule has 1 fully saturated rings. The smallest absolute Gasteiger partial charge is 0.263 e. The van der Waals surface area contributed by atoms with Gasteiger partial charge in [0.05, 0.1) is 10.6 Å². The Kier molecular flexibility index (Phi) is 4.71. The maximum atomic E-state index is 13.3. The van der Waals surface area contributed by atoms with Gasteiger partial charge in [0, 0.05) is 6.04 Å². The summed E-state index contributed by atoms with van der Waals surface area (Å²) in [7, 11) is -3.54. The van der Waals surface area contributed by atoms with E-state index in [1.807, 2.05) is 49.4 Å². The van der Waals surface area contributed by atoms with Crippen molar-refractivity contribution < 1.29 is 8.42 Å². The average molecular weight is 329 g/mol. The molecule has 23 heavy (non-hydrogen) atoms. The topological polar surface area (TPSA) is 37.4 Å². The summed E-state index contributed by atoms with van der Waals surface area (Å²) < 4.78 is 28.2. The highest BCUT2D eigenvalue weighted by molar-refractivity contribution is 7.92. The maximum absolute atomic E-state index is 13.3. The molecule has 0 bridgehead atoms. The second kappa shape index (κ2) is 6.75. The first-order chi connectivity index (χ1) is 11.1. The van der Waals surface area contributed by atoms with Crippen LogP contribution in [0.3, 0.4) is 0 Å². The molecule has 0 spiro atoms. The Labute approximate surface area is 139 Å². The molecule has 0 amide bonds. The number of hydrogen-bond acceptors (Lipinski definition) is 2. The summed E-state index contributed by atoms with van der Waals surface area (Å²) in [5.41, 5.74) is 1.83.